The normalized spacial score (nSPS) is 26.6. The Morgan fingerprint density at radius 3 is 2.94 bits per heavy atom. The van der Waals surface area contributed by atoms with E-state index in [1.54, 1.807) is 0 Å². The zero-order valence-electron chi connectivity index (χ0n) is 9.58. The fraction of sp³-hybridized carbons (Fsp3) is 0.385. The van der Waals surface area contributed by atoms with Crippen molar-refractivity contribution in [3.05, 3.63) is 29.3 Å². The average Bonchev–Trinajstić information content (AvgIpc) is 2.66. The minimum atomic E-state index is -0.657. The first-order valence-corrected chi connectivity index (χ1v) is 5.71. The van der Waals surface area contributed by atoms with Crippen LogP contribution in [0.4, 0.5) is 0 Å². The molecule has 1 N–H and O–H groups in total. The highest BCUT2D eigenvalue weighted by Gasteiger charge is 2.50. The zero-order chi connectivity index (χ0) is 12.0. The van der Waals surface area contributed by atoms with Crippen LogP contribution in [0.2, 0.25) is 0 Å². The molecule has 4 nitrogen and oxygen atoms in total. The summed E-state index contributed by atoms with van der Waals surface area (Å²) in [4.78, 5) is 23.3. The van der Waals surface area contributed by atoms with Crippen LogP contribution in [0.5, 0.6) is 5.75 Å². The molecule has 1 spiro atoms. The summed E-state index contributed by atoms with van der Waals surface area (Å²) in [5, 5.41) is 2.41. The van der Waals surface area contributed by atoms with Crippen LogP contribution in [0.3, 0.4) is 0 Å². The molecule has 0 bridgehead atoms. The molecule has 2 heterocycles. The quantitative estimate of drug-likeness (QED) is 0.679. The fourth-order valence-corrected chi connectivity index (χ4v) is 2.64. The van der Waals surface area contributed by atoms with Gasteiger partial charge < -0.3 is 4.74 Å². The molecule has 2 aliphatic rings. The molecule has 2 aliphatic heterocycles. The monoisotopic (exact) mass is 231 g/mol. The molecular formula is C13H13NO3. The summed E-state index contributed by atoms with van der Waals surface area (Å²) < 4.78 is 5.66. The largest absolute Gasteiger partial charge is 0.492 e. The van der Waals surface area contributed by atoms with Gasteiger partial charge in [0.1, 0.15) is 17.8 Å². The van der Waals surface area contributed by atoms with Crippen molar-refractivity contribution in [3.63, 3.8) is 0 Å². The second-order valence-electron chi connectivity index (χ2n) is 4.70. The van der Waals surface area contributed by atoms with E-state index in [2.05, 4.69) is 5.32 Å². The zero-order valence-corrected chi connectivity index (χ0v) is 9.58. The number of aryl methyl sites for hydroxylation is 1. The van der Waals surface area contributed by atoms with E-state index < -0.39 is 5.41 Å². The average molecular weight is 231 g/mol. The number of hydrogen-bond acceptors (Lipinski definition) is 3. The Hall–Kier alpha value is -1.84. The number of hydrogen-bond donors (Lipinski definition) is 1. The highest BCUT2D eigenvalue weighted by atomic mass is 16.5. The first-order chi connectivity index (χ1) is 8.13. The van der Waals surface area contributed by atoms with Crippen LogP contribution < -0.4 is 10.1 Å². The minimum Gasteiger partial charge on any atom is -0.492 e. The van der Waals surface area contributed by atoms with Gasteiger partial charge in [-0.15, -0.1) is 0 Å². The van der Waals surface area contributed by atoms with Crippen molar-refractivity contribution < 1.29 is 14.3 Å². The second kappa shape index (κ2) is 3.32. The summed E-state index contributed by atoms with van der Waals surface area (Å²) in [6.07, 6.45) is 0.913. The van der Waals surface area contributed by atoms with E-state index in [1.165, 1.54) is 0 Å². The molecule has 2 amide bonds. The molecule has 0 radical (unpaired) electrons. The summed E-state index contributed by atoms with van der Waals surface area (Å²) in [7, 11) is 0. The van der Waals surface area contributed by atoms with Gasteiger partial charge >= 0.3 is 0 Å². The van der Waals surface area contributed by atoms with E-state index in [-0.39, 0.29) is 11.8 Å². The minimum absolute atomic E-state index is 0.193. The lowest BCUT2D eigenvalue weighted by Gasteiger charge is -2.30. The SMILES string of the molecule is Cc1cccc2c1OCC21CCC(=O)NC1=O. The third-order valence-electron chi connectivity index (χ3n) is 3.66. The van der Waals surface area contributed by atoms with E-state index in [4.69, 9.17) is 4.74 Å². The molecule has 17 heavy (non-hydrogen) atoms. The number of carbonyl (C=O) groups excluding carboxylic acids is 2. The van der Waals surface area contributed by atoms with E-state index in [1.807, 2.05) is 25.1 Å². The molecule has 4 heteroatoms. The molecule has 0 saturated carbocycles. The van der Waals surface area contributed by atoms with Crippen LogP contribution in [-0.4, -0.2) is 18.4 Å². The summed E-state index contributed by atoms with van der Waals surface area (Å²) in [5.74, 6) is 0.386. The van der Waals surface area contributed by atoms with Crippen LogP contribution in [-0.2, 0) is 15.0 Å². The lowest BCUT2D eigenvalue weighted by Crippen LogP contribution is -2.52. The number of fused-ring (bicyclic) bond motifs is 2. The Balaban J connectivity index is 2.11. The van der Waals surface area contributed by atoms with Crippen molar-refractivity contribution in [2.45, 2.75) is 25.2 Å². The summed E-state index contributed by atoms with van der Waals surface area (Å²) in [5.41, 5.74) is 1.29. The molecule has 1 unspecified atom stereocenters. The number of carbonyl (C=O) groups is 2. The van der Waals surface area contributed by atoms with Crippen molar-refractivity contribution in [2.75, 3.05) is 6.61 Å². The number of imide groups is 1. The van der Waals surface area contributed by atoms with Crippen molar-refractivity contribution in [1.29, 1.82) is 0 Å². The summed E-state index contributed by atoms with van der Waals surface area (Å²) >= 11 is 0. The first kappa shape index (κ1) is 10.3. The third-order valence-corrected chi connectivity index (χ3v) is 3.66. The highest BCUT2D eigenvalue weighted by Crippen LogP contribution is 2.44. The second-order valence-corrected chi connectivity index (χ2v) is 4.70. The molecule has 1 saturated heterocycles. The summed E-state index contributed by atoms with van der Waals surface area (Å²) in [6.45, 7) is 2.30. The van der Waals surface area contributed by atoms with Gasteiger partial charge in [-0.1, -0.05) is 18.2 Å². The Labute approximate surface area is 99.0 Å². The smallest absolute Gasteiger partial charge is 0.240 e. The van der Waals surface area contributed by atoms with Gasteiger partial charge in [0.15, 0.2) is 0 Å². The molecule has 0 aromatic heterocycles. The Bertz CT molecular complexity index is 523. The van der Waals surface area contributed by atoms with Gasteiger partial charge in [-0.2, -0.15) is 0 Å². The Morgan fingerprint density at radius 1 is 1.35 bits per heavy atom. The number of piperidine rings is 1. The van der Waals surface area contributed by atoms with Crippen LogP contribution >= 0.6 is 0 Å². The molecule has 1 atom stereocenters. The van der Waals surface area contributed by atoms with Gasteiger partial charge in [-0.05, 0) is 18.9 Å². The van der Waals surface area contributed by atoms with Crippen LogP contribution in [0.1, 0.15) is 24.0 Å². The van der Waals surface area contributed by atoms with Gasteiger partial charge in [0, 0.05) is 12.0 Å². The van der Waals surface area contributed by atoms with Gasteiger partial charge in [0.05, 0.1) is 0 Å². The van der Waals surface area contributed by atoms with Crippen molar-refractivity contribution >= 4 is 11.8 Å². The molecule has 1 aromatic carbocycles. The predicted octanol–water partition coefficient (Wildman–Crippen LogP) is 1.06. The van der Waals surface area contributed by atoms with Crippen molar-refractivity contribution in [1.82, 2.24) is 5.32 Å². The Kier molecular flexibility index (Phi) is 2.02. The van der Waals surface area contributed by atoms with Gasteiger partial charge in [0.25, 0.3) is 0 Å². The van der Waals surface area contributed by atoms with Crippen molar-refractivity contribution in [2.24, 2.45) is 0 Å². The lowest BCUT2D eigenvalue weighted by molar-refractivity contribution is -0.138. The van der Waals surface area contributed by atoms with Crippen LogP contribution in [0.25, 0.3) is 0 Å². The van der Waals surface area contributed by atoms with Crippen LogP contribution in [0.15, 0.2) is 18.2 Å². The molecule has 1 aromatic rings. The van der Waals surface area contributed by atoms with E-state index >= 15 is 0 Å². The topological polar surface area (TPSA) is 55.4 Å². The standard InChI is InChI=1S/C13H13NO3/c1-8-3-2-4-9-11(8)17-7-13(9)6-5-10(15)14-12(13)16/h2-4H,5-7H2,1H3,(H,14,15,16). The third kappa shape index (κ3) is 1.30. The lowest BCUT2D eigenvalue weighted by atomic mass is 9.75. The van der Waals surface area contributed by atoms with Gasteiger partial charge in [-0.25, -0.2) is 0 Å². The molecule has 3 rings (SSSR count). The first-order valence-electron chi connectivity index (χ1n) is 5.71. The maximum Gasteiger partial charge on any atom is 0.240 e. The predicted molar refractivity (Wildman–Crippen MR) is 60.7 cm³/mol. The number of amides is 2. The number of benzene rings is 1. The summed E-state index contributed by atoms with van der Waals surface area (Å²) in [6, 6.07) is 5.81. The molecular weight excluding hydrogens is 218 g/mol. The number of para-hydroxylation sites is 1. The van der Waals surface area contributed by atoms with Crippen molar-refractivity contribution in [3.8, 4) is 5.75 Å². The number of nitrogens with one attached hydrogen (secondary N) is 1. The van der Waals surface area contributed by atoms with E-state index in [9.17, 15) is 9.59 Å². The van der Waals surface area contributed by atoms with E-state index in [0.29, 0.717) is 19.4 Å². The van der Waals surface area contributed by atoms with Crippen LogP contribution in [0, 0.1) is 6.92 Å². The molecule has 0 aliphatic carbocycles. The molecule has 1 fully saturated rings. The fourth-order valence-electron chi connectivity index (χ4n) is 2.64. The van der Waals surface area contributed by atoms with Gasteiger partial charge in [-0.3, -0.25) is 14.9 Å². The Morgan fingerprint density at radius 2 is 2.18 bits per heavy atom. The van der Waals surface area contributed by atoms with E-state index in [0.717, 1.165) is 16.9 Å². The number of ether oxygens (including phenoxy) is 1. The number of rotatable bonds is 0. The van der Waals surface area contributed by atoms with Gasteiger partial charge in [0.2, 0.25) is 11.8 Å². The maximum atomic E-state index is 12.1. The highest BCUT2D eigenvalue weighted by molar-refractivity contribution is 6.04. The molecule has 88 valence electrons. The maximum absolute atomic E-state index is 12.1.